The summed E-state index contributed by atoms with van der Waals surface area (Å²) in [4.78, 5) is 33.8. The lowest BCUT2D eigenvalue weighted by molar-refractivity contribution is -0.141. The van der Waals surface area contributed by atoms with Gasteiger partial charge in [-0.25, -0.2) is 27.9 Å². The number of hydrogen-bond acceptors (Lipinski definition) is 5. The van der Waals surface area contributed by atoms with Gasteiger partial charge in [0.15, 0.2) is 0 Å². The second-order valence-electron chi connectivity index (χ2n) is 9.30. The number of anilines is 2. The summed E-state index contributed by atoms with van der Waals surface area (Å²) in [6.07, 6.45) is 1.64. The van der Waals surface area contributed by atoms with Crippen molar-refractivity contribution in [2.75, 3.05) is 29.6 Å². The zero-order valence-electron chi connectivity index (χ0n) is 20.0. The first-order chi connectivity index (χ1) is 17.4. The Morgan fingerprint density at radius 2 is 1.92 bits per heavy atom. The lowest BCUT2D eigenvalue weighted by Crippen LogP contribution is -2.42. The van der Waals surface area contributed by atoms with Crippen LogP contribution in [0.4, 0.5) is 29.3 Å². The van der Waals surface area contributed by atoms with Crippen molar-refractivity contribution in [3.05, 3.63) is 53.9 Å². The molecule has 1 saturated carbocycles. The predicted octanol–water partition coefficient (Wildman–Crippen LogP) is 3.73. The van der Waals surface area contributed by atoms with Gasteiger partial charge in [-0.1, -0.05) is 12.1 Å². The van der Waals surface area contributed by atoms with Gasteiger partial charge in [-0.2, -0.15) is 13.2 Å². The summed E-state index contributed by atoms with van der Waals surface area (Å²) in [5.74, 6) is -0.842. The maximum atomic E-state index is 13.0. The molecule has 2 aliphatic rings. The Balaban J connectivity index is 1.36. The van der Waals surface area contributed by atoms with E-state index in [0.29, 0.717) is 31.6 Å². The number of aromatic nitrogens is 1. The number of aliphatic imine (C=N–C) groups is 1. The van der Waals surface area contributed by atoms with E-state index in [0.717, 1.165) is 43.0 Å². The lowest BCUT2D eigenvalue weighted by Gasteiger charge is -2.31. The van der Waals surface area contributed by atoms with Gasteiger partial charge in [-0.3, -0.25) is 4.79 Å². The largest absolute Gasteiger partial charge is 0.433 e. The number of hydrogen-bond donors (Lipinski definition) is 2. The minimum Gasteiger partial charge on any atom is -0.312 e. The quantitative estimate of drug-likeness (QED) is 0.522. The number of nitrogens with one attached hydrogen (secondary N) is 2. The van der Waals surface area contributed by atoms with Crippen LogP contribution >= 0.6 is 0 Å². The van der Waals surface area contributed by atoms with Gasteiger partial charge in [-0.05, 0) is 55.5 Å². The fourth-order valence-corrected chi connectivity index (χ4v) is 4.77. The number of halogens is 3. The standard InChI is InChI=1S/C24H26F3N5O4S/c1-37(35,36)30-15-23(10-11-23)17-4-7-19(8-5-17)32-12-2-3-16(21(32)33)13-29-22(34)31-18-6-9-20(28-14-18)24(25,26)27/h4-9,13-14,16,30H,2-3,10-12,15H2,1H3,(H,31,34). The third-order valence-corrected chi connectivity index (χ3v) is 7.14. The van der Waals surface area contributed by atoms with E-state index in [1.54, 1.807) is 4.90 Å². The van der Waals surface area contributed by atoms with Gasteiger partial charge in [0.25, 0.3) is 0 Å². The fourth-order valence-electron chi connectivity index (χ4n) is 4.23. The van der Waals surface area contributed by atoms with Crippen LogP contribution in [0.2, 0.25) is 0 Å². The molecular formula is C24H26F3N5O4S. The Bertz CT molecular complexity index is 1290. The summed E-state index contributed by atoms with van der Waals surface area (Å²) in [6.45, 7) is 0.837. The Kier molecular flexibility index (Phi) is 7.38. The van der Waals surface area contributed by atoms with E-state index in [2.05, 4.69) is 20.0 Å². The summed E-state index contributed by atoms with van der Waals surface area (Å²) < 4.78 is 63.3. The third kappa shape index (κ3) is 6.72. The molecule has 1 aliphatic carbocycles. The molecule has 0 radical (unpaired) electrons. The van der Waals surface area contributed by atoms with Gasteiger partial charge in [0, 0.05) is 30.4 Å². The molecule has 2 aromatic rings. The number of nitrogens with zero attached hydrogens (tertiary/aromatic N) is 3. The van der Waals surface area contributed by atoms with E-state index in [9.17, 15) is 31.2 Å². The molecule has 4 rings (SSSR count). The first kappa shape index (κ1) is 26.7. The molecule has 1 aromatic heterocycles. The molecule has 1 saturated heterocycles. The molecule has 0 spiro atoms. The van der Waals surface area contributed by atoms with Crippen molar-refractivity contribution in [2.45, 2.75) is 37.3 Å². The minimum atomic E-state index is -4.58. The van der Waals surface area contributed by atoms with Gasteiger partial charge in [0.05, 0.1) is 24.1 Å². The molecule has 9 nitrogen and oxygen atoms in total. The van der Waals surface area contributed by atoms with E-state index in [-0.39, 0.29) is 17.0 Å². The van der Waals surface area contributed by atoms with Crippen molar-refractivity contribution in [2.24, 2.45) is 10.9 Å². The molecule has 2 fully saturated rings. The minimum absolute atomic E-state index is 0.0482. The smallest absolute Gasteiger partial charge is 0.312 e. The van der Waals surface area contributed by atoms with Crippen LogP contribution < -0.4 is 14.9 Å². The Morgan fingerprint density at radius 3 is 2.49 bits per heavy atom. The lowest BCUT2D eigenvalue weighted by atomic mass is 9.94. The number of piperidine rings is 1. The molecule has 37 heavy (non-hydrogen) atoms. The normalized spacial score (nSPS) is 19.7. The number of benzene rings is 1. The predicted molar refractivity (Wildman–Crippen MR) is 132 cm³/mol. The Morgan fingerprint density at radius 1 is 1.22 bits per heavy atom. The molecule has 2 heterocycles. The van der Waals surface area contributed by atoms with E-state index in [4.69, 9.17) is 0 Å². The maximum absolute atomic E-state index is 13.0. The zero-order chi connectivity index (χ0) is 26.8. The van der Waals surface area contributed by atoms with Crippen LogP contribution in [0, 0.1) is 5.92 Å². The SMILES string of the molecule is CS(=O)(=O)NCC1(c2ccc(N3CCCC(C=NC(=O)Nc4ccc(C(F)(F)F)nc4)C3=O)cc2)CC1. The first-order valence-electron chi connectivity index (χ1n) is 11.6. The zero-order valence-corrected chi connectivity index (χ0v) is 20.8. The van der Waals surface area contributed by atoms with Crippen LogP contribution in [0.25, 0.3) is 0 Å². The van der Waals surface area contributed by atoms with Gasteiger partial charge in [0.1, 0.15) is 5.69 Å². The van der Waals surface area contributed by atoms with Crippen LogP contribution in [0.3, 0.4) is 0 Å². The Hall–Kier alpha value is -3.32. The molecule has 13 heteroatoms. The first-order valence-corrected chi connectivity index (χ1v) is 13.5. The van der Waals surface area contributed by atoms with Crippen molar-refractivity contribution in [3.63, 3.8) is 0 Å². The number of carbonyl (C=O) groups excluding carboxylic acids is 2. The number of carbonyl (C=O) groups is 2. The highest BCUT2D eigenvalue weighted by molar-refractivity contribution is 7.88. The molecule has 198 valence electrons. The number of amides is 3. The molecule has 1 unspecified atom stereocenters. The Labute approximate surface area is 212 Å². The summed E-state index contributed by atoms with van der Waals surface area (Å²) >= 11 is 0. The van der Waals surface area contributed by atoms with Crippen molar-refractivity contribution in [1.82, 2.24) is 9.71 Å². The molecule has 2 N–H and O–H groups in total. The molecule has 3 amide bonds. The molecule has 1 aromatic carbocycles. The van der Waals surface area contributed by atoms with Crippen LogP contribution in [0.5, 0.6) is 0 Å². The number of rotatable bonds is 7. The monoisotopic (exact) mass is 537 g/mol. The van der Waals surface area contributed by atoms with E-state index in [1.807, 2.05) is 24.3 Å². The molecule has 0 bridgehead atoms. The van der Waals surface area contributed by atoms with Gasteiger partial charge in [0.2, 0.25) is 15.9 Å². The highest BCUT2D eigenvalue weighted by Crippen LogP contribution is 2.48. The molecule has 1 aliphatic heterocycles. The van der Waals surface area contributed by atoms with Crippen molar-refractivity contribution in [3.8, 4) is 0 Å². The maximum Gasteiger partial charge on any atom is 0.433 e. The average Bonchev–Trinajstić information content (AvgIpc) is 3.63. The van der Waals surface area contributed by atoms with Gasteiger partial charge in [-0.15, -0.1) is 0 Å². The van der Waals surface area contributed by atoms with E-state index < -0.39 is 33.8 Å². The van der Waals surface area contributed by atoms with E-state index in [1.165, 1.54) is 6.21 Å². The van der Waals surface area contributed by atoms with Crippen LogP contribution in [0.15, 0.2) is 47.6 Å². The van der Waals surface area contributed by atoms with Crippen molar-refractivity contribution in [1.29, 1.82) is 0 Å². The number of pyridine rings is 1. The van der Waals surface area contributed by atoms with Gasteiger partial charge >= 0.3 is 12.2 Å². The highest BCUT2D eigenvalue weighted by atomic mass is 32.2. The summed E-state index contributed by atoms with van der Waals surface area (Å²) in [7, 11) is -3.29. The number of urea groups is 1. The second kappa shape index (κ2) is 10.2. The molecular weight excluding hydrogens is 511 g/mol. The fraction of sp³-hybridized carbons (Fsp3) is 0.417. The topological polar surface area (TPSA) is 121 Å². The third-order valence-electron chi connectivity index (χ3n) is 6.47. The van der Waals surface area contributed by atoms with Crippen molar-refractivity contribution >= 4 is 39.6 Å². The molecule has 1 atom stereocenters. The second-order valence-corrected chi connectivity index (χ2v) is 11.1. The van der Waals surface area contributed by atoms with Crippen LogP contribution in [0.1, 0.15) is 36.9 Å². The average molecular weight is 538 g/mol. The van der Waals surface area contributed by atoms with Gasteiger partial charge < -0.3 is 10.2 Å². The summed E-state index contributed by atoms with van der Waals surface area (Å²) in [6, 6.07) is 8.47. The summed E-state index contributed by atoms with van der Waals surface area (Å²) in [5, 5.41) is 2.33. The van der Waals surface area contributed by atoms with E-state index >= 15 is 0 Å². The number of sulfonamides is 1. The van der Waals surface area contributed by atoms with Crippen molar-refractivity contribution < 1.29 is 31.2 Å². The summed E-state index contributed by atoms with van der Waals surface area (Å²) in [5.41, 5.74) is 0.446. The van der Waals surface area contributed by atoms with Crippen LogP contribution in [-0.4, -0.2) is 50.9 Å². The van der Waals surface area contributed by atoms with Crippen LogP contribution in [-0.2, 0) is 26.4 Å². The highest BCUT2D eigenvalue weighted by Gasteiger charge is 2.44. The number of alkyl halides is 3.